The van der Waals surface area contributed by atoms with Crippen molar-refractivity contribution in [1.29, 1.82) is 0 Å². The second-order valence-corrected chi connectivity index (χ2v) is 6.51. The van der Waals surface area contributed by atoms with Crippen LogP contribution in [-0.4, -0.2) is 36.1 Å². The average Bonchev–Trinajstić information content (AvgIpc) is 3.03. The van der Waals surface area contributed by atoms with Gasteiger partial charge in [-0.1, -0.05) is 78.3 Å². The first-order chi connectivity index (χ1) is 11.2. The molecule has 0 radical (unpaired) electrons. The molecule has 1 atom stereocenters. The van der Waals surface area contributed by atoms with Crippen molar-refractivity contribution in [2.24, 2.45) is 11.0 Å². The Morgan fingerprint density at radius 2 is 1.74 bits per heavy atom. The van der Waals surface area contributed by atoms with E-state index in [1.807, 2.05) is 0 Å². The van der Waals surface area contributed by atoms with Crippen molar-refractivity contribution < 1.29 is 4.79 Å². The second kappa shape index (κ2) is 16.3. The Labute approximate surface area is 148 Å². The van der Waals surface area contributed by atoms with E-state index in [4.69, 9.17) is 0 Å². The van der Waals surface area contributed by atoms with Crippen LogP contribution in [0.15, 0.2) is 5.10 Å². The second-order valence-electron chi connectivity index (χ2n) is 6.13. The molecule has 1 rings (SSSR count). The number of unbranched alkanes of at least 4 members (excludes halogenated alkanes) is 7. The summed E-state index contributed by atoms with van der Waals surface area (Å²) in [6.07, 6.45) is 14.2. The van der Waals surface area contributed by atoms with Crippen LogP contribution >= 0.6 is 12.6 Å². The van der Waals surface area contributed by atoms with E-state index in [0.29, 0.717) is 12.5 Å². The number of hydrogen-bond acceptors (Lipinski definition) is 3. The Kier molecular flexibility index (Phi) is 15.9. The van der Waals surface area contributed by atoms with E-state index in [1.54, 1.807) is 6.21 Å². The lowest BCUT2D eigenvalue weighted by Crippen LogP contribution is -2.20. The first-order valence-corrected chi connectivity index (χ1v) is 9.85. The van der Waals surface area contributed by atoms with E-state index >= 15 is 0 Å². The zero-order chi connectivity index (χ0) is 17.3. The molecule has 4 nitrogen and oxygen atoms in total. The summed E-state index contributed by atoms with van der Waals surface area (Å²) in [5.41, 5.74) is 0. The number of carbonyl (C=O) groups is 1. The molecule has 5 heteroatoms. The summed E-state index contributed by atoms with van der Waals surface area (Å²) in [5, 5.41) is 8.33. The van der Waals surface area contributed by atoms with Crippen molar-refractivity contribution in [3.05, 3.63) is 0 Å². The van der Waals surface area contributed by atoms with Crippen LogP contribution in [0.5, 0.6) is 0 Å². The van der Waals surface area contributed by atoms with Crippen LogP contribution in [0.2, 0.25) is 0 Å². The van der Waals surface area contributed by atoms with Crippen LogP contribution in [0.4, 0.5) is 4.79 Å². The van der Waals surface area contributed by atoms with E-state index in [9.17, 15) is 4.79 Å². The Bertz CT molecular complexity index is 301. The number of hydrogen-bond donors (Lipinski definition) is 2. The lowest BCUT2D eigenvalue weighted by atomic mass is 10.1. The van der Waals surface area contributed by atoms with Gasteiger partial charge in [-0.15, -0.1) is 0 Å². The summed E-state index contributed by atoms with van der Waals surface area (Å²) in [6.45, 7) is 9.55. The molecule has 0 fully saturated rings. The molecule has 1 amide bonds. The highest BCUT2D eigenvalue weighted by Crippen LogP contribution is 2.12. The van der Waals surface area contributed by atoms with Gasteiger partial charge in [-0.05, 0) is 25.9 Å². The third-order valence-corrected chi connectivity index (χ3v) is 4.26. The molecule has 0 aliphatic carbocycles. The van der Waals surface area contributed by atoms with Crippen molar-refractivity contribution >= 4 is 24.1 Å². The third kappa shape index (κ3) is 13.6. The SMILES string of the molecule is CCC1C=NN(C(=O)S)C1.CCCCCCCCCCNCC. The van der Waals surface area contributed by atoms with E-state index in [2.05, 4.69) is 43.8 Å². The van der Waals surface area contributed by atoms with E-state index < -0.39 is 0 Å². The van der Waals surface area contributed by atoms with Crippen LogP contribution in [0, 0.1) is 5.92 Å². The molecule has 1 aliphatic heterocycles. The van der Waals surface area contributed by atoms with E-state index in [1.165, 1.54) is 62.9 Å². The number of hydrazone groups is 1. The monoisotopic (exact) mass is 343 g/mol. The van der Waals surface area contributed by atoms with Crippen LogP contribution in [0.25, 0.3) is 0 Å². The fraction of sp³-hybridized carbons (Fsp3) is 0.889. The molecule has 0 bridgehead atoms. The first-order valence-electron chi connectivity index (χ1n) is 9.40. The zero-order valence-electron chi connectivity index (χ0n) is 15.4. The van der Waals surface area contributed by atoms with Crippen molar-refractivity contribution in [2.45, 2.75) is 78.6 Å². The largest absolute Gasteiger partial charge is 0.317 e. The number of thiol groups is 1. The van der Waals surface area contributed by atoms with Crippen LogP contribution < -0.4 is 5.32 Å². The standard InChI is InChI=1S/C12H27N.C6H10N2OS/c1-3-5-6-7-8-9-10-11-12-13-4-2;1-2-5-3-7-8(4-5)6(9)10/h13H,3-12H2,1-2H3;3,5H,2,4H2,1H3,(H,9,10). The smallest absolute Gasteiger partial charge is 0.298 e. The minimum atomic E-state index is -0.271. The summed E-state index contributed by atoms with van der Waals surface area (Å²) in [5.74, 6) is 0.427. The highest BCUT2D eigenvalue weighted by Gasteiger charge is 2.18. The Morgan fingerprint density at radius 3 is 2.17 bits per heavy atom. The molecule has 0 saturated carbocycles. The molecule has 23 heavy (non-hydrogen) atoms. The van der Waals surface area contributed by atoms with Gasteiger partial charge in [0.1, 0.15) is 0 Å². The van der Waals surface area contributed by atoms with Gasteiger partial charge in [-0.3, -0.25) is 4.79 Å². The number of rotatable bonds is 11. The molecular weight excluding hydrogens is 306 g/mol. The van der Waals surface area contributed by atoms with Crippen molar-refractivity contribution in [3.63, 3.8) is 0 Å². The Hall–Kier alpha value is -0.550. The molecule has 1 aliphatic rings. The maximum atomic E-state index is 10.6. The van der Waals surface area contributed by atoms with Gasteiger partial charge in [0.25, 0.3) is 5.24 Å². The van der Waals surface area contributed by atoms with Crippen LogP contribution in [0.3, 0.4) is 0 Å². The van der Waals surface area contributed by atoms with Gasteiger partial charge in [-0.25, -0.2) is 5.01 Å². The highest BCUT2D eigenvalue weighted by atomic mass is 32.1. The molecule has 1 N–H and O–H groups in total. The van der Waals surface area contributed by atoms with Gasteiger partial charge in [0.2, 0.25) is 0 Å². The summed E-state index contributed by atoms with van der Waals surface area (Å²) >= 11 is 3.65. The van der Waals surface area contributed by atoms with Crippen molar-refractivity contribution in [1.82, 2.24) is 10.3 Å². The predicted octanol–water partition coefficient (Wildman–Crippen LogP) is 5.10. The fourth-order valence-electron chi connectivity index (χ4n) is 2.41. The summed E-state index contributed by atoms with van der Waals surface area (Å²) < 4.78 is 0. The van der Waals surface area contributed by atoms with Crippen molar-refractivity contribution in [3.8, 4) is 0 Å². The third-order valence-electron chi connectivity index (χ3n) is 4.03. The van der Waals surface area contributed by atoms with Crippen molar-refractivity contribution in [2.75, 3.05) is 19.6 Å². The average molecular weight is 344 g/mol. The lowest BCUT2D eigenvalue weighted by Gasteiger charge is -2.08. The van der Waals surface area contributed by atoms with Gasteiger partial charge >= 0.3 is 0 Å². The van der Waals surface area contributed by atoms with E-state index in [0.717, 1.165) is 13.0 Å². The molecule has 0 aromatic heterocycles. The maximum absolute atomic E-state index is 10.6. The van der Waals surface area contributed by atoms with Gasteiger partial charge in [-0.2, -0.15) is 5.10 Å². The topological polar surface area (TPSA) is 44.7 Å². The zero-order valence-corrected chi connectivity index (χ0v) is 16.3. The molecule has 0 saturated heterocycles. The Balaban J connectivity index is 0.000000433. The molecular formula is C18H37N3OS. The molecule has 1 heterocycles. The summed E-state index contributed by atoms with van der Waals surface area (Å²) in [4.78, 5) is 10.6. The molecule has 136 valence electrons. The number of carbonyl (C=O) groups excluding carboxylic acids is 1. The molecule has 0 aromatic rings. The predicted molar refractivity (Wildman–Crippen MR) is 105 cm³/mol. The van der Waals surface area contributed by atoms with Crippen LogP contribution in [0.1, 0.15) is 78.6 Å². The quantitative estimate of drug-likeness (QED) is 0.405. The summed E-state index contributed by atoms with van der Waals surface area (Å²) in [7, 11) is 0. The maximum Gasteiger partial charge on any atom is 0.298 e. The van der Waals surface area contributed by atoms with E-state index in [-0.39, 0.29) is 5.24 Å². The van der Waals surface area contributed by atoms with Gasteiger partial charge in [0.05, 0.1) is 6.54 Å². The van der Waals surface area contributed by atoms with Crippen LogP contribution in [-0.2, 0) is 0 Å². The number of nitrogens with one attached hydrogen (secondary N) is 1. The minimum Gasteiger partial charge on any atom is -0.317 e. The van der Waals surface area contributed by atoms with Gasteiger partial charge in [0.15, 0.2) is 0 Å². The van der Waals surface area contributed by atoms with Gasteiger partial charge in [0, 0.05) is 12.1 Å². The minimum absolute atomic E-state index is 0.271. The number of nitrogens with zero attached hydrogens (tertiary/aromatic N) is 2. The molecule has 1 unspecified atom stereocenters. The normalized spacial score (nSPS) is 16.3. The fourth-order valence-corrected chi connectivity index (χ4v) is 2.55. The Morgan fingerprint density at radius 1 is 1.13 bits per heavy atom. The highest BCUT2D eigenvalue weighted by molar-refractivity contribution is 7.96. The number of amides is 1. The first kappa shape index (κ1) is 22.4. The van der Waals surface area contributed by atoms with Gasteiger partial charge < -0.3 is 5.32 Å². The lowest BCUT2D eigenvalue weighted by molar-refractivity contribution is 0.227. The molecule has 0 aromatic carbocycles. The summed E-state index contributed by atoms with van der Waals surface area (Å²) in [6, 6.07) is 0. The molecule has 0 spiro atoms.